The summed E-state index contributed by atoms with van der Waals surface area (Å²) >= 11 is 0. The first kappa shape index (κ1) is 16.2. The molecular formula is C20H22N2O2. The van der Waals surface area contributed by atoms with Gasteiger partial charge in [-0.25, -0.2) is 4.79 Å². The van der Waals surface area contributed by atoms with E-state index in [0.717, 1.165) is 11.1 Å². The second-order valence-electron chi connectivity index (χ2n) is 6.24. The maximum absolute atomic E-state index is 12.8. The van der Waals surface area contributed by atoms with Crippen molar-refractivity contribution in [1.29, 1.82) is 0 Å². The van der Waals surface area contributed by atoms with E-state index in [4.69, 9.17) is 0 Å². The molecule has 4 heteroatoms. The predicted octanol–water partition coefficient (Wildman–Crippen LogP) is 3.64. The van der Waals surface area contributed by atoms with Crippen LogP contribution < -0.4 is 0 Å². The lowest BCUT2D eigenvalue weighted by molar-refractivity contribution is -0.129. The summed E-state index contributed by atoms with van der Waals surface area (Å²) < 4.78 is 0. The summed E-state index contributed by atoms with van der Waals surface area (Å²) in [5.74, 6) is -0.117. The first-order valence-electron chi connectivity index (χ1n) is 8.27. The standard InChI is InChI=1S/C20H22N2O2/c1-15-19(17-11-7-4-8-12-17)22(20(24)21(15)2)18(23)14-13-16-9-5-3-6-10-16/h3-12,15,19H,13-14H2,1-2H3/t15-,19-/m0/s1. The van der Waals surface area contributed by atoms with Gasteiger partial charge in [-0.05, 0) is 24.5 Å². The minimum Gasteiger partial charge on any atom is -0.322 e. The van der Waals surface area contributed by atoms with Crippen molar-refractivity contribution in [1.82, 2.24) is 9.80 Å². The molecule has 2 aromatic rings. The summed E-state index contributed by atoms with van der Waals surface area (Å²) in [5, 5.41) is 0. The van der Waals surface area contributed by atoms with Gasteiger partial charge in [0.05, 0.1) is 12.1 Å². The molecule has 2 aromatic carbocycles. The Morgan fingerprint density at radius 3 is 2.21 bits per heavy atom. The number of amides is 3. The Balaban J connectivity index is 1.80. The third-order valence-corrected chi connectivity index (χ3v) is 4.73. The average molecular weight is 322 g/mol. The third-order valence-electron chi connectivity index (χ3n) is 4.73. The number of hydrogen-bond acceptors (Lipinski definition) is 2. The summed E-state index contributed by atoms with van der Waals surface area (Å²) in [4.78, 5) is 28.4. The molecule has 1 saturated heterocycles. The molecule has 1 aliphatic rings. The fourth-order valence-corrected chi connectivity index (χ4v) is 3.25. The third kappa shape index (κ3) is 3.04. The van der Waals surface area contributed by atoms with Crippen molar-refractivity contribution in [2.24, 2.45) is 0 Å². The highest BCUT2D eigenvalue weighted by Gasteiger charge is 2.45. The van der Waals surface area contributed by atoms with Gasteiger partial charge in [0.1, 0.15) is 0 Å². The van der Waals surface area contributed by atoms with Crippen LogP contribution in [0.15, 0.2) is 60.7 Å². The summed E-state index contributed by atoms with van der Waals surface area (Å²) in [7, 11) is 1.76. The van der Waals surface area contributed by atoms with Gasteiger partial charge in [0.25, 0.3) is 0 Å². The van der Waals surface area contributed by atoms with Crippen molar-refractivity contribution in [2.45, 2.75) is 31.8 Å². The molecule has 1 fully saturated rings. The smallest absolute Gasteiger partial charge is 0.322 e. The Hall–Kier alpha value is -2.62. The number of likely N-dealkylation sites (N-methyl/N-ethyl adjacent to an activating group) is 1. The first-order valence-corrected chi connectivity index (χ1v) is 8.27. The van der Waals surface area contributed by atoms with Gasteiger partial charge in [0.2, 0.25) is 5.91 Å². The SMILES string of the molecule is C[C@H]1[C@@H](c2ccccc2)N(C(=O)CCc2ccccc2)C(=O)N1C. The molecule has 0 unspecified atom stereocenters. The molecule has 4 nitrogen and oxygen atoms in total. The van der Waals surface area contributed by atoms with Crippen LogP contribution in [0.4, 0.5) is 4.79 Å². The molecule has 0 aromatic heterocycles. The average Bonchev–Trinajstić information content (AvgIpc) is 2.85. The molecule has 1 heterocycles. The van der Waals surface area contributed by atoms with Gasteiger partial charge in [0.15, 0.2) is 0 Å². The molecule has 0 radical (unpaired) electrons. The lowest BCUT2D eigenvalue weighted by atomic mass is 10.00. The van der Waals surface area contributed by atoms with E-state index in [1.165, 1.54) is 4.90 Å². The zero-order chi connectivity index (χ0) is 17.1. The highest BCUT2D eigenvalue weighted by atomic mass is 16.2. The van der Waals surface area contributed by atoms with E-state index >= 15 is 0 Å². The topological polar surface area (TPSA) is 40.6 Å². The molecule has 0 N–H and O–H groups in total. The van der Waals surface area contributed by atoms with Gasteiger partial charge in [-0.1, -0.05) is 60.7 Å². The molecular weight excluding hydrogens is 300 g/mol. The van der Waals surface area contributed by atoms with Crippen molar-refractivity contribution < 1.29 is 9.59 Å². The Labute approximate surface area is 142 Å². The van der Waals surface area contributed by atoms with Crippen LogP contribution in [-0.2, 0) is 11.2 Å². The second kappa shape index (κ2) is 6.87. The molecule has 2 atom stereocenters. The van der Waals surface area contributed by atoms with E-state index in [1.54, 1.807) is 11.9 Å². The van der Waals surface area contributed by atoms with Crippen LogP contribution in [0.2, 0.25) is 0 Å². The van der Waals surface area contributed by atoms with Crippen molar-refractivity contribution in [3.63, 3.8) is 0 Å². The molecule has 0 aliphatic carbocycles. The van der Waals surface area contributed by atoms with Crippen molar-refractivity contribution in [2.75, 3.05) is 7.05 Å². The Morgan fingerprint density at radius 1 is 1.00 bits per heavy atom. The predicted molar refractivity (Wildman–Crippen MR) is 93.4 cm³/mol. The number of hydrogen-bond donors (Lipinski definition) is 0. The van der Waals surface area contributed by atoms with Crippen LogP contribution in [0.3, 0.4) is 0 Å². The molecule has 3 amide bonds. The Morgan fingerprint density at radius 2 is 1.58 bits per heavy atom. The zero-order valence-electron chi connectivity index (χ0n) is 14.1. The number of nitrogens with zero attached hydrogens (tertiary/aromatic N) is 2. The van der Waals surface area contributed by atoms with Crippen LogP contribution in [0, 0.1) is 0 Å². The maximum Gasteiger partial charge on any atom is 0.327 e. The largest absolute Gasteiger partial charge is 0.327 e. The molecule has 3 rings (SSSR count). The molecule has 0 bridgehead atoms. The normalized spacial score (nSPS) is 20.5. The summed E-state index contributed by atoms with van der Waals surface area (Å²) in [6.07, 6.45) is 0.975. The number of carbonyl (C=O) groups excluding carboxylic acids is 2. The van der Waals surface area contributed by atoms with Crippen LogP contribution in [-0.4, -0.2) is 34.8 Å². The fourth-order valence-electron chi connectivity index (χ4n) is 3.25. The minimum atomic E-state index is -0.230. The molecule has 24 heavy (non-hydrogen) atoms. The van der Waals surface area contributed by atoms with Crippen molar-refractivity contribution >= 4 is 11.9 Å². The monoisotopic (exact) mass is 322 g/mol. The molecule has 1 aliphatic heterocycles. The van der Waals surface area contributed by atoms with E-state index in [1.807, 2.05) is 67.6 Å². The van der Waals surface area contributed by atoms with Crippen LogP contribution in [0.1, 0.15) is 30.5 Å². The molecule has 0 saturated carbocycles. The van der Waals surface area contributed by atoms with E-state index in [0.29, 0.717) is 12.8 Å². The van der Waals surface area contributed by atoms with E-state index in [2.05, 4.69) is 0 Å². The number of aryl methyl sites for hydroxylation is 1. The van der Waals surface area contributed by atoms with Gasteiger partial charge in [-0.2, -0.15) is 0 Å². The number of imide groups is 1. The maximum atomic E-state index is 12.8. The zero-order valence-corrected chi connectivity index (χ0v) is 14.1. The lowest BCUT2D eigenvalue weighted by Gasteiger charge is -2.24. The number of benzene rings is 2. The first-order chi connectivity index (χ1) is 11.6. The second-order valence-corrected chi connectivity index (χ2v) is 6.24. The van der Waals surface area contributed by atoms with Crippen LogP contribution in [0.25, 0.3) is 0 Å². The Kier molecular flexibility index (Phi) is 4.65. The molecule has 124 valence electrons. The van der Waals surface area contributed by atoms with Gasteiger partial charge >= 0.3 is 6.03 Å². The summed E-state index contributed by atoms with van der Waals surface area (Å²) in [6, 6.07) is 19.2. The van der Waals surface area contributed by atoms with Crippen molar-refractivity contribution in [3.05, 3.63) is 71.8 Å². The van der Waals surface area contributed by atoms with Crippen molar-refractivity contribution in [3.8, 4) is 0 Å². The summed E-state index contributed by atoms with van der Waals surface area (Å²) in [5.41, 5.74) is 2.10. The quantitative estimate of drug-likeness (QED) is 0.862. The number of carbonyl (C=O) groups is 2. The highest BCUT2D eigenvalue weighted by Crippen LogP contribution is 2.34. The fraction of sp³-hybridized carbons (Fsp3) is 0.300. The number of urea groups is 1. The van der Waals surface area contributed by atoms with Crippen LogP contribution >= 0.6 is 0 Å². The van der Waals surface area contributed by atoms with E-state index in [-0.39, 0.29) is 24.0 Å². The Bertz CT molecular complexity index is 715. The highest BCUT2D eigenvalue weighted by molar-refractivity contribution is 5.97. The van der Waals surface area contributed by atoms with Gasteiger partial charge < -0.3 is 4.90 Å². The van der Waals surface area contributed by atoms with E-state index in [9.17, 15) is 9.59 Å². The van der Waals surface area contributed by atoms with Gasteiger partial charge in [-0.3, -0.25) is 9.69 Å². The number of rotatable bonds is 4. The summed E-state index contributed by atoms with van der Waals surface area (Å²) in [6.45, 7) is 1.99. The lowest BCUT2D eigenvalue weighted by Crippen LogP contribution is -2.36. The minimum absolute atomic E-state index is 0.0411. The molecule has 0 spiro atoms. The van der Waals surface area contributed by atoms with Gasteiger partial charge in [-0.15, -0.1) is 0 Å². The van der Waals surface area contributed by atoms with Crippen LogP contribution in [0.5, 0.6) is 0 Å². The van der Waals surface area contributed by atoms with E-state index < -0.39 is 0 Å². The van der Waals surface area contributed by atoms with Gasteiger partial charge in [0, 0.05) is 13.5 Å².